The first kappa shape index (κ1) is 21.3. The van der Waals surface area contributed by atoms with Crippen LogP contribution in [-0.2, 0) is 9.59 Å². The molecule has 0 spiro atoms. The van der Waals surface area contributed by atoms with Crippen LogP contribution in [0.4, 0.5) is 5.69 Å². The van der Waals surface area contributed by atoms with Gasteiger partial charge < -0.3 is 9.84 Å². The van der Waals surface area contributed by atoms with E-state index in [1.165, 1.54) is 16.2 Å². The summed E-state index contributed by atoms with van der Waals surface area (Å²) in [4.78, 5) is 28.2. The van der Waals surface area contributed by atoms with Crippen molar-refractivity contribution in [3.05, 3.63) is 87.6 Å². The summed E-state index contributed by atoms with van der Waals surface area (Å²) in [5.41, 5.74) is 1.37. The van der Waals surface area contributed by atoms with Gasteiger partial charge in [-0.05, 0) is 73.8 Å². The van der Waals surface area contributed by atoms with Gasteiger partial charge in [-0.2, -0.15) is 5.26 Å². The van der Waals surface area contributed by atoms with E-state index in [0.29, 0.717) is 22.6 Å². The Morgan fingerprint density at radius 1 is 1.09 bits per heavy atom. The zero-order valence-corrected chi connectivity index (χ0v) is 18.3. The topological polar surface area (TPSA) is 90.6 Å². The summed E-state index contributed by atoms with van der Waals surface area (Å²) in [5.74, 6) is -1.08. The van der Waals surface area contributed by atoms with E-state index in [1.54, 1.807) is 48.5 Å². The number of ketones is 1. The van der Waals surface area contributed by atoms with Crippen molar-refractivity contribution in [3.8, 4) is 11.8 Å². The van der Waals surface area contributed by atoms with Crippen molar-refractivity contribution in [3.63, 3.8) is 0 Å². The van der Waals surface area contributed by atoms with E-state index >= 15 is 0 Å². The summed E-state index contributed by atoms with van der Waals surface area (Å²) >= 11 is 1.39. The Morgan fingerprint density at radius 2 is 1.78 bits per heavy atom. The number of ether oxygens (including phenoxy) is 1. The van der Waals surface area contributed by atoms with Gasteiger partial charge in [0.15, 0.2) is 0 Å². The summed E-state index contributed by atoms with van der Waals surface area (Å²) in [7, 11) is 0. The number of aliphatic hydroxyl groups is 1. The number of carbonyl (C=O) groups is 2. The van der Waals surface area contributed by atoms with Crippen molar-refractivity contribution < 1.29 is 19.4 Å². The SMILES string of the molecule is CC(C)Oc1ccc(/C(O)=C2/C(=O)C(=O)N(c3ccc(C#N)cc3)C2c2cccs2)cc1. The van der Waals surface area contributed by atoms with Gasteiger partial charge in [0, 0.05) is 16.1 Å². The number of rotatable bonds is 5. The normalized spacial score (nSPS) is 17.6. The maximum Gasteiger partial charge on any atom is 0.300 e. The molecule has 4 rings (SSSR count). The van der Waals surface area contributed by atoms with E-state index in [0.717, 1.165) is 4.88 Å². The monoisotopic (exact) mass is 444 g/mol. The Balaban J connectivity index is 1.82. The van der Waals surface area contributed by atoms with Gasteiger partial charge in [0.1, 0.15) is 17.6 Å². The summed E-state index contributed by atoms with van der Waals surface area (Å²) in [5, 5.41) is 22.0. The standard InChI is InChI=1S/C25H20N2O4S/c1-15(2)31-19-11-7-17(8-12-19)23(28)21-22(20-4-3-13-32-20)27(25(30)24(21)29)18-9-5-16(14-26)6-10-18/h3-13,15,22,28H,1-2H3/b23-21-. The Bertz CT molecular complexity index is 1220. The molecule has 1 unspecified atom stereocenters. The van der Waals surface area contributed by atoms with Crippen LogP contribution in [-0.4, -0.2) is 22.9 Å². The molecule has 1 saturated heterocycles. The second-order valence-electron chi connectivity index (χ2n) is 7.53. The minimum Gasteiger partial charge on any atom is -0.507 e. The van der Waals surface area contributed by atoms with Crippen LogP contribution < -0.4 is 9.64 Å². The maximum atomic E-state index is 13.1. The number of Topliss-reactive ketones (excluding diaryl/α,β-unsaturated/α-hetero) is 1. The van der Waals surface area contributed by atoms with Crippen LogP contribution in [0.1, 0.15) is 35.9 Å². The molecule has 32 heavy (non-hydrogen) atoms. The highest BCUT2D eigenvalue weighted by Gasteiger charge is 2.47. The van der Waals surface area contributed by atoms with Crippen molar-refractivity contribution in [1.29, 1.82) is 5.26 Å². The Hall–Kier alpha value is -3.89. The number of aliphatic hydroxyl groups excluding tert-OH is 1. The summed E-state index contributed by atoms with van der Waals surface area (Å²) in [6.07, 6.45) is 0.00558. The fraction of sp³-hybridized carbons (Fsp3) is 0.160. The van der Waals surface area contributed by atoms with Crippen LogP contribution in [0.3, 0.4) is 0 Å². The molecule has 160 valence electrons. The van der Waals surface area contributed by atoms with E-state index in [2.05, 4.69) is 0 Å². The molecule has 1 atom stereocenters. The van der Waals surface area contributed by atoms with E-state index in [4.69, 9.17) is 10.00 Å². The van der Waals surface area contributed by atoms with E-state index in [1.807, 2.05) is 37.4 Å². The van der Waals surface area contributed by atoms with Gasteiger partial charge in [-0.25, -0.2) is 0 Å². The molecular weight excluding hydrogens is 424 g/mol. The third-order valence-electron chi connectivity index (χ3n) is 5.03. The van der Waals surface area contributed by atoms with Crippen LogP contribution in [0.5, 0.6) is 5.75 Å². The van der Waals surface area contributed by atoms with Crippen molar-refractivity contribution in [2.45, 2.75) is 26.0 Å². The molecule has 0 radical (unpaired) electrons. The number of nitriles is 1. The molecule has 6 nitrogen and oxygen atoms in total. The lowest BCUT2D eigenvalue weighted by atomic mass is 9.99. The van der Waals surface area contributed by atoms with Crippen molar-refractivity contribution in [1.82, 2.24) is 0 Å². The Morgan fingerprint density at radius 3 is 2.34 bits per heavy atom. The minimum absolute atomic E-state index is 0.00558. The molecule has 3 aromatic rings. The molecule has 1 fully saturated rings. The molecule has 7 heteroatoms. The molecule has 1 N–H and O–H groups in total. The zero-order valence-electron chi connectivity index (χ0n) is 17.5. The van der Waals surface area contributed by atoms with Crippen LogP contribution in [0.25, 0.3) is 5.76 Å². The molecule has 0 aliphatic carbocycles. The number of carbonyl (C=O) groups excluding carboxylic acids is 2. The molecule has 1 aromatic heterocycles. The summed E-state index contributed by atoms with van der Waals surface area (Å²) in [6.45, 7) is 3.83. The highest BCUT2D eigenvalue weighted by atomic mass is 32.1. The minimum atomic E-state index is -0.769. The van der Waals surface area contributed by atoms with Crippen molar-refractivity contribution in [2.24, 2.45) is 0 Å². The molecule has 0 bridgehead atoms. The van der Waals surface area contributed by atoms with Gasteiger partial charge >= 0.3 is 0 Å². The maximum absolute atomic E-state index is 13.1. The van der Waals surface area contributed by atoms with Crippen molar-refractivity contribution in [2.75, 3.05) is 4.90 Å². The van der Waals surface area contributed by atoms with Gasteiger partial charge in [0.05, 0.1) is 23.3 Å². The smallest absolute Gasteiger partial charge is 0.300 e. The number of hydrogen-bond donors (Lipinski definition) is 1. The highest BCUT2D eigenvalue weighted by molar-refractivity contribution is 7.10. The van der Waals surface area contributed by atoms with Gasteiger partial charge in [0.25, 0.3) is 11.7 Å². The lowest BCUT2D eigenvalue weighted by molar-refractivity contribution is -0.132. The summed E-state index contributed by atoms with van der Waals surface area (Å²) < 4.78 is 5.64. The highest BCUT2D eigenvalue weighted by Crippen LogP contribution is 2.43. The average Bonchev–Trinajstić information content (AvgIpc) is 3.41. The quantitative estimate of drug-likeness (QED) is 0.338. The fourth-order valence-electron chi connectivity index (χ4n) is 3.63. The van der Waals surface area contributed by atoms with Gasteiger partial charge in [-0.1, -0.05) is 6.07 Å². The van der Waals surface area contributed by atoms with Crippen LogP contribution in [0.15, 0.2) is 71.6 Å². The number of amides is 1. The third kappa shape index (κ3) is 3.88. The molecule has 2 aromatic carbocycles. The molecule has 1 aliphatic rings. The molecular formula is C25H20N2O4S. The van der Waals surface area contributed by atoms with Crippen LogP contribution >= 0.6 is 11.3 Å². The number of benzene rings is 2. The zero-order chi connectivity index (χ0) is 22.8. The van der Waals surface area contributed by atoms with E-state index in [9.17, 15) is 14.7 Å². The van der Waals surface area contributed by atoms with Gasteiger partial charge in [0.2, 0.25) is 0 Å². The van der Waals surface area contributed by atoms with Crippen LogP contribution in [0.2, 0.25) is 0 Å². The predicted octanol–water partition coefficient (Wildman–Crippen LogP) is 5.03. The number of thiophene rings is 1. The van der Waals surface area contributed by atoms with Gasteiger partial charge in [-0.15, -0.1) is 11.3 Å². The molecule has 1 aliphatic heterocycles. The predicted molar refractivity (Wildman–Crippen MR) is 122 cm³/mol. The molecule has 1 amide bonds. The second kappa shape index (κ2) is 8.69. The summed E-state index contributed by atoms with van der Waals surface area (Å²) in [6, 6.07) is 18.1. The Kier molecular flexibility index (Phi) is 5.80. The first-order valence-corrected chi connectivity index (χ1v) is 10.9. The number of hydrogen-bond acceptors (Lipinski definition) is 6. The largest absolute Gasteiger partial charge is 0.507 e. The number of nitrogens with zero attached hydrogens (tertiary/aromatic N) is 2. The second-order valence-corrected chi connectivity index (χ2v) is 8.51. The van der Waals surface area contributed by atoms with Gasteiger partial charge in [-0.3, -0.25) is 14.5 Å². The van der Waals surface area contributed by atoms with E-state index in [-0.39, 0.29) is 17.4 Å². The first-order valence-electron chi connectivity index (χ1n) is 10.0. The lowest BCUT2D eigenvalue weighted by Gasteiger charge is -2.24. The van der Waals surface area contributed by atoms with Crippen molar-refractivity contribution >= 4 is 34.5 Å². The fourth-order valence-corrected chi connectivity index (χ4v) is 4.45. The third-order valence-corrected chi connectivity index (χ3v) is 5.96. The van der Waals surface area contributed by atoms with E-state index < -0.39 is 17.7 Å². The first-order chi connectivity index (χ1) is 15.4. The number of anilines is 1. The average molecular weight is 445 g/mol. The van der Waals surface area contributed by atoms with Crippen LogP contribution in [0, 0.1) is 11.3 Å². The Labute approximate surface area is 189 Å². The lowest BCUT2D eigenvalue weighted by Crippen LogP contribution is -2.29. The molecule has 2 heterocycles. The molecule has 0 saturated carbocycles.